The van der Waals surface area contributed by atoms with Crippen molar-refractivity contribution in [2.75, 3.05) is 44.2 Å². The lowest BCUT2D eigenvalue weighted by atomic mass is 10.0. The predicted molar refractivity (Wildman–Crippen MR) is 107 cm³/mol. The minimum atomic E-state index is -0.125. The minimum absolute atomic E-state index is 0. The monoisotopic (exact) mass is 382 g/mol. The number of piperazine rings is 1. The first-order valence-electron chi connectivity index (χ1n) is 8.73. The van der Waals surface area contributed by atoms with Crippen LogP contribution in [0.4, 0.5) is 5.69 Å². The minimum Gasteiger partial charge on any atom is -0.369 e. The highest BCUT2D eigenvalue weighted by Crippen LogP contribution is 2.28. The van der Waals surface area contributed by atoms with Crippen LogP contribution in [0.5, 0.6) is 0 Å². The van der Waals surface area contributed by atoms with E-state index in [1.54, 1.807) is 6.20 Å². The summed E-state index contributed by atoms with van der Waals surface area (Å²) in [6.45, 7) is 6.48. The molecule has 7 heteroatoms. The van der Waals surface area contributed by atoms with Gasteiger partial charge in [-0.05, 0) is 49.5 Å². The zero-order valence-corrected chi connectivity index (χ0v) is 15.7. The first kappa shape index (κ1) is 18.5. The van der Waals surface area contributed by atoms with Gasteiger partial charge in [-0.1, -0.05) is 11.6 Å². The molecule has 2 fully saturated rings. The summed E-state index contributed by atoms with van der Waals surface area (Å²) < 4.78 is 0. The number of aromatic nitrogens is 1. The van der Waals surface area contributed by atoms with Crippen LogP contribution in [0.15, 0.2) is 29.2 Å². The molecular weight excluding hydrogens is 359 g/mol. The van der Waals surface area contributed by atoms with Crippen LogP contribution in [0, 0.1) is 0 Å². The van der Waals surface area contributed by atoms with E-state index < -0.39 is 0 Å². The molecule has 0 spiro atoms. The van der Waals surface area contributed by atoms with Crippen LogP contribution >= 0.6 is 24.0 Å². The van der Waals surface area contributed by atoms with Gasteiger partial charge in [-0.3, -0.25) is 9.69 Å². The van der Waals surface area contributed by atoms with Crippen LogP contribution in [0.3, 0.4) is 0 Å². The average molecular weight is 383 g/mol. The Labute approximate surface area is 158 Å². The van der Waals surface area contributed by atoms with Crippen molar-refractivity contribution < 1.29 is 0 Å². The Morgan fingerprint density at radius 2 is 1.80 bits per heavy atom. The van der Waals surface area contributed by atoms with Gasteiger partial charge < -0.3 is 15.2 Å². The molecular formula is C18H24Cl2N4O. The van der Waals surface area contributed by atoms with E-state index in [-0.39, 0.29) is 18.0 Å². The van der Waals surface area contributed by atoms with Gasteiger partial charge in [-0.2, -0.15) is 0 Å². The Hall–Kier alpha value is -1.27. The topological polar surface area (TPSA) is 51.4 Å². The largest absolute Gasteiger partial charge is 0.369 e. The van der Waals surface area contributed by atoms with Crippen molar-refractivity contribution in [2.24, 2.45) is 0 Å². The van der Waals surface area contributed by atoms with Gasteiger partial charge in [0.2, 0.25) is 0 Å². The number of halogens is 2. The second-order valence-corrected chi connectivity index (χ2v) is 7.11. The highest BCUT2D eigenvalue weighted by molar-refractivity contribution is 6.35. The number of H-pyrrole nitrogens is 1. The standard InChI is InChI=1S/C18H23ClN4O.ClH/c19-16-12-15(11-13-1-6-21-18(24)17(13)16)23-9-7-22(8-10-23)14-2-4-20-5-3-14;/h1,6,11-12,14,20H,2-5,7-10H2,(H,21,24);1H. The maximum atomic E-state index is 11.9. The fourth-order valence-electron chi connectivity index (χ4n) is 3.96. The van der Waals surface area contributed by atoms with Gasteiger partial charge in [0, 0.05) is 44.1 Å². The van der Waals surface area contributed by atoms with Crippen LogP contribution < -0.4 is 15.8 Å². The molecule has 2 aliphatic rings. The molecule has 1 aromatic heterocycles. The van der Waals surface area contributed by atoms with Crippen molar-refractivity contribution in [3.8, 4) is 0 Å². The van der Waals surface area contributed by atoms with Crippen LogP contribution in [-0.4, -0.2) is 55.2 Å². The molecule has 0 atom stereocenters. The van der Waals surface area contributed by atoms with E-state index in [0.29, 0.717) is 10.4 Å². The molecule has 25 heavy (non-hydrogen) atoms. The summed E-state index contributed by atoms with van der Waals surface area (Å²) in [4.78, 5) is 19.6. The second-order valence-electron chi connectivity index (χ2n) is 6.70. The zero-order chi connectivity index (χ0) is 16.5. The van der Waals surface area contributed by atoms with Crippen LogP contribution in [0.1, 0.15) is 12.8 Å². The number of aromatic amines is 1. The first-order valence-corrected chi connectivity index (χ1v) is 9.11. The van der Waals surface area contributed by atoms with Crippen molar-refractivity contribution in [3.63, 3.8) is 0 Å². The molecule has 2 N–H and O–H groups in total. The van der Waals surface area contributed by atoms with Crippen molar-refractivity contribution in [3.05, 3.63) is 39.8 Å². The fraction of sp³-hybridized carbons (Fsp3) is 0.500. The molecule has 2 aliphatic heterocycles. The molecule has 0 aliphatic carbocycles. The van der Waals surface area contributed by atoms with E-state index in [4.69, 9.17) is 11.6 Å². The number of rotatable bonds is 2. The lowest BCUT2D eigenvalue weighted by molar-refractivity contribution is 0.153. The van der Waals surface area contributed by atoms with E-state index in [0.717, 1.165) is 56.4 Å². The van der Waals surface area contributed by atoms with Crippen molar-refractivity contribution in [2.45, 2.75) is 18.9 Å². The Kier molecular flexibility index (Phi) is 5.89. The molecule has 0 amide bonds. The molecule has 136 valence electrons. The van der Waals surface area contributed by atoms with Gasteiger partial charge in [0.1, 0.15) is 0 Å². The third kappa shape index (κ3) is 3.80. The Morgan fingerprint density at radius 3 is 2.52 bits per heavy atom. The molecule has 2 aromatic rings. The van der Waals surface area contributed by atoms with E-state index >= 15 is 0 Å². The second kappa shape index (κ2) is 7.96. The lowest BCUT2D eigenvalue weighted by Gasteiger charge is -2.41. The fourth-order valence-corrected chi connectivity index (χ4v) is 4.27. The number of pyridine rings is 1. The molecule has 3 heterocycles. The highest BCUT2D eigenvalue weighted by Gasteiger charge is 2.25. The third-order valence-electron chi connectivity index (χ3n) is 5.31. The molecule has 0 radical (unpaired) electrons. The van der Waals surface area contributed by atoms with Crippen LogP contribution in [0.2, 0.25) is 5.02 Å². The van der Waals surface area contributed by atoms with Crippen molar-refractivity contribution in [1.29, 1.82) is 0 Å². The van der Waals surface area contributed by atoms with Crippen LogP contribution in [0.25, 0.3) is 10.8 Å². The summed E-state index contributed by atoms with van der Waals surface area (Å²) >= 11 is 6.37. The predicted octanol–water partition coefficient (Wildman–Crippen LogP) is 2.48. The Bertz CT molecular complexity index is 780. The third-order valence-corrected chi connectivity index (χ3v) is 5.61. The lowest BCUT2D eigenvalue weighted by Crippen LogP contribution is -2.52. The Morgan fingerprint density at radius 1 is 1.08 bits per heavy atom. The molecule has 4 rings (SSSR count). The average Bonchev–Trinajstić information content (AvgIpc) is 2.62. The number of hydrogen-bond acceptors (Lipinski definition) is 4. The van der Waals surface area contributed by atoms with Gasteiger partial charge in [0.05, 0.1) is 10.4 Å². The summed E-state index contributed by atoms with van der Waals surface area (Å²) in [6, 6.07) is 6.65. The number of anilines is 1. The van der Waals surface area contributed by atoms with Gasteiger partial charge in [-0.15, -0.1) is 12.4 Å². The maximum Gasteiger partial charge on any atom is 0.257 e. The zero-order valence-electron chi connectivity index (χ0n) is 14.1. The SMILES string of the molecule is Cl.O=c1[nH]ccc2cc(N3CCN(C4CCNCC4)CC3)cc(Cl)c12. The molecule has 1 aromatic carbocycles. The summed E-state index contributed by atoms with van der Waals surface area (Å²) in [5.74, 6) is 0. The summed E-state index contributed by atoms with van der Waals surface area (Å²) in [7, 11) is 0. The van der Waals surface area contributed by atoms with Gasteiger partial charge in [0.25, 0.3) is 5.56 Å². The Balaban J connectivity index is 0.00000182. The normalized spacial score (nSPS) is 19.8. The number of hydrogen-bond donors (Lipinski definition) is 2. The maximum absolute atomic E-state index is 11.9. The smallest absolute Gasteiger partial charge is 0.257 e. The first-order chi connectivity index (χ1) is 11.7. The van der Waals surface area contributed by atoms with E-state index in [1.165, 1.54) is 12.8 Å². The van der Waals surface area contributed by atoms with Gasteiger partial charge in [-0.25, -0.2) is 0 Å². The van der Waals surface area contributed by atoms with E-state index in [2.05, 4.69) is 26.2 Å². The summed E-state index contributed by atoms with van der Waals surface area (Å²) in [5.41, 5.74) is 0.989. The number of fused-ring (bicyclic) bond motifs is 1. The highest BCUT2D eigenvalue weighted by atomic mass is 35.5. The van der Waals surface area contributed by atoms with Crippen molar-refractivity contribution >= 4 is 40.5 Å². The number of nitrogens with one attached hydrogen (secondary N) is 2. The summed E-state index contributed by atoms with van der Waals surface area (Å²) in [5, 5.41) is 5.45. The molecule has 2 saturated heterocycles. The molecule has 0 saturated carbocycles. The number of nitrogens with zero attached hydrogens (tertiary/aromatic N) is 2. The number of benzene rings is 1. The van der Waals surface area contributed by atoms with Crippen molar-refractivity contribution in [1.82, 2.24) is 15.2 Å². The quantitative estimate of drug-likeness (QED) is 0.837. The van der Waals surface area contributed by atoms with Gasteiger partial charge in [0.15, 0.2) is 0 Å². The van der Waals surface area contributed by atoms with E-state index in [9.17, 15) is 4.79 Å². The molecule has 0 unspecified atom stereocenters. The number of piperidine rings is 1. The van der Waals surface area contributed by atoms with Crippen LogP contribution in [-0.2, 0) is 0 Å². The molecule has 5 nitrogen and oxygen atoms in total. The summed E-state index contributed by atoms with van der Waals surface area (Å²) in [6.07, 6.45) is 4.19. The van der Waals surface area contributed by atoms with E-state index in [1.807, 2.05) is 12.1 Å². The molecule has 0 bridgehead atoms. The van der Waals surface area contributed by atoms with Gasteiger partial charge >= 0.3 is 0 Å².